The van der Waals surface area contributed by atoms with E-state index in [4.69, 9.17) is 0 Å². The molecule has 7 nitrogen and oxygen atoms in total. The lowest BCUT2D eigenvalue weighted by atomic mass is 10.1. The first kappa shape index (κ1) is 21.0. The fraction of sp³-hybridized carbons (Fsp3) is 0.529. The first-order valence-electron chi connectivity index (χ1n) is 8.53. The van der Waals surface area contributed by atoms with E-state index in [9.17, 15) is 27.9 Å². The maximum Gasteiger partial charge on any atom is 0.573 e. The Labute approximate surface area is 154 Å². The van der Waals surface area contributed by atoms with E-state index in [-0.39, 0.29) is 18.2 Å². The van der Waals surface area contributed by atoms with Crippen molar-refractivity contribution in [1.82, 2.24) is 9.80 Å². The van der Waals surface area contributed by atoms with E-state index in [1.165, 1.54) is 12.1 Å². The van der Waals surface area contributed by atoms with Gasteiger partial charge in [0.1, 0.15) is 11.8 Å². The van der Waals surface area contributed by atoms with Crippen LogP contribution in [0.3, 0.4) is 0 Å². The van der Waals surface area contributed by atoms with E-state index in [1.54, 1.807) is 0 Å². The summed E-state index contributed by atoms with van der Waals surface area (Å²) in [7, 11) is 0. The highest BCUT2D eigenvalue weighted by atomic mass is 19.4. The average molecular weight is 389 g/mol. The number of carboxylic acids is 1. The number of alkyl halides is 3. The number of piperazine rings is 1. The molecule has 1 unspecified atom stereocenters. The Morgan fingerprint density at radius 2 is 1.78 bits per heavy atom. The van der Waals surface area contributed by atoms with Gasteiger partial charge >= 0.3 is 12.3 Å². The number of carbonyl (C=O) groups excluding carboxylic acids is 1. The van der Waals surface area contributed by atoms with Crippen molar-refractivity contribution in [3.05, 3.63) is 24.3 Å². The van der Waals surface area contributed by atoms with Crippen LogP contribution in [0.1, 0.15) is 13.3 Å². The number of hydrogen-bond acceptors (Lipinski definition) is 5. The van der Waals surface area contributed by atoms with Gasteiger partial charge in [0.05, 0.1) is 6.54 Å². The number of hydrogen-bond donors (Lipinski definition) is 2. The van der Waals surface area contributed by atoms with Crippen LogP contribution in [0.25, 0.3) is 0 Å². The molecule has 2 rings (SSSR count). The smallest absolute Gasteiger partial charge is 0.480 e. The highest BCUT2D eigenvalue weighted by Gasteiger charge is 2.31. The van der Waals surface area contributed by atoms with Gasteiger partial charge in [0.25, 0.3) is 0 Å². The fourth-order valence-electron chi connectivity index (χ4n) is 2.97. The number of anilines is 1. The van der Waals surface area contributed by atoms with Crippen molar-refractivity contribution in [2.45, 2.75) is 25.7 Å². The third-order valence-electron chi connectivity index (χ3n) is 4.26. The van der Waals surface area contributed by atoms with Gasteiger partial charge in [-0.15, -0.1) is 13.2 Å². The number of halogens is 3. The third kappa shape index (κ3) is 6.72. The molecule has 1 aliphatic heterocycles. The Kier molecular flexibility index (Phi) is 7.03. The molecule has 1 saturated heterocycles. The summed E-state index contributed by atoms with van der Waals surface area (Å²) in [4.78, 5) is 27.1. The first-order valence-corrected chi connectivity index (χ1v) is 8.53. The maximum atomic E-state index is 12.1. The van der Waals surface area contributed by atoms with Gasteiger partial charge in [0.2, 0.25) is 5.91 Å². The molecule has 1 heterocycles. The predicted molar refractivity (Wildman–Crippen MR) is 91.5 cm³/mol. The Balaban J connectivity index is 1.79. The van der Waals surface area contributed by atoms with E-state index >= 15 is 0 Å². The van der Waals surface area contributed by atoms with E-state index in [2.05, 4.69) is 10.1 Å². The van der Waals surface area contributed by atoms with Gasteiger partial charge in [-0.3, -0.25) is 19.4 Å². The quantitative estimate of drug-likeness (QED) is 0.743. The van der Waals surface area contributed by atoms with E-state index in [0.717, 1.165) is 12.1 Å². The van der Waals surface area contributed by atoms with E-state index < -0.39 is 18.4 Å². The molecule has 10 heteroatoms. The minimum atomic E-state index is -4.76. The normalized spacial score (nSPS) is 17.3. The zero-order valence-corrected chi connectivity index (χ0v) is 14.8. The Morgan fingerprint density at radius 3 is 2.26 bits per heavy atom. The minimum absolute atomic E-state index is 0.124. The number of amides is 1. The Hall–Kier alpha value is -2.33. The number of nitrogens with zero attached hydrogens (tertiary/aromatic N) is 2. The fourth-order valence-corrected chi connectivity index (χ4v) is 2.97. The minimum Gasteiger partial charge on any atom is -0.480 e. The molecule has 150 valence electrons. The highest BCUT2D eigenvalue weighted by Crippen LogP contribution is 2.24. The van der Waals surface area contributed by atoms with Crippen LogP contribution < -0.4 is 10.1 Å². The molecule has 1 atom stereocenters. The topological polar surface area (TPSA) is 82.1 Å². The number of ether oxygens (including phenoxy) is 1. The van der Waals surface area contributed by atoms with Crippen LogP contribution in [-0.2, 0) is 9.59 Å². The molecule has 1 aliphatic rings. The number of carboxylic acid groups (broad SMARTS) is 1. The van der Waals surface area contributed by atoms with Gasteiger partial charge in [-0.05, 0) is 30.7 Å². The summed E-state index contributed by atoms with van der Waals surface area (Å²) in [5, 5.41) is 11.8. The predicted octanol–water partition coefficient (Wildman–Crippen LogP) is 2.00. The molecule has 2 N–H and O–H groups in total. The Morgan fingerprint density at radius 1 is 1.19 bits per heavy atom. The van der Waals surface area contributed by atoms with Crippen molar-refractivity contribution in [3.8, 4) is 5.75 Å². The molecule has 1 fully saturated rings. The van der Waals surface area contributed by atoms with Crippen molar-refractivity contribution < 1.29 is 32.6 Å². The van der Waals surface area contributed by atoms with Crippen molar-refractivity contribution >= 4 is 17.6 Å². The van der Waals surface area contributed by atoms with E-state index in [1.807, 2.05) is 16.7 Å². The lowest BCUT2D eigenvalue weighted by Crippen LogP contribution is -2.53. The zero-order chi connectivity index (χ0) is 20.0. The Bertz CT molecular complexity index is 644. The molecule has 27 heavy (non-hydrogen) atoms. The standard InChI is InChI=1S/C17H22F3N3O4/c1-2-14(16(25)26)23-9-7-22(8-10-23)11-15(24)21-12-3-5-13(6-4-12)27-17(18,19)20/h3-6,14H,2,7-11H2,1H3,(H,21,24)(H,25,26). The van der Waals surface area contributed by atoms with Crippen LogP contribution in [0.2, 0.25) is 0 Å². The second kappa shape index (κ2) is 9.05. The van der Waals surface area contributed by atoms with Crippen LogP contribution in [0.5, 0.6) is 5.75 Å². The van der Waals surface area contributed by atoms with Crippen LogP contribution in [0, 0.1) is 0 Å². The van der Waals surface area contributed by atoms with Gasteiger partial charge < -0.3 is 15.2 Å². The molecular formula is C17H22F3N3O4. The SMILES string of the molecule is CCC(C(=O)O)N1CCN(CC(=O)Nc2ccc(OC(F)(F)F)cc2)CC1. The third-order valence-corrected chi connectivity index (χ3v) is 4.26. The molecule has 1 aromatic rings. The summed E-state index contributed by atoms with van der Waals surface area (Å²) in [5.41, 5.74) is 0.366. The molecule has 0 bridgehead atoms. The van der Waals surface area contributed by atoms with Crippen LogP contribution in [-0.4, -0.2) is 71.9 Å². The highest BCUT2D eigenvalue weighted by molar-refractivity contribution is 5.92. The van der Waals surface area contributed by atoms with Crippen molar-refractivity contribution in [2.24, 2.45) is 0 Å². The molecular weight excluding hydrogens is 367 g/mol. The van der Waals surface area contributed by atoms with Gasteiger partial charge in [-0.2, -0.15) is 0 Å². The molecule has 0 aromatic heterocycles. The summed E-state index contributed by atoms with van der Waals surface area (Å²) in [6.45, 7) is 4.19. The van der Waals surface area contributed by atoms with Crippen molar-refractivity contribution in [3.63, 3.8) is 0 Å². The molecule has 0 spiro atoms. The first-order chi connectivity index (χ1) is 12.7. The second-order valence-electron chi connectivity index (χ2n) is 6.19. The van der Waals surface area contributed by atoms with Crippen LogP contribution >= 0.6 is 0 Å². The largest absolute Gasteiger partial charge is 0.573 e. The molecule has 1 amide bonds. The lowest BCUT2D eigenvalue weighted by Gasteiger charge is -2.37. The van der Waals surface area contributed by atoms with Gasteiger partial charge in [0.15, 0.2) is 0 Å². The van der Waals surface area contributed by atoms with Crippen LogP contribution in [0.15, 0.2) is 24.3 Å². The summed E-state index contributed by atoms with van der Waals surface area (Å²) in [5.74, 6) is -1.50. The summed E-state index contributed by atoms with van der Waals surface area (Å²) in [6, 6.07) is 4.39. The maximum absolute atomic E-state index is 12.1. The van der Waals surface area contributed by atoms with Crippen molar-refractivity contribution in [2.75, 3.05) is 38.0 Å². The monoisotopic (exact) mass is 389 g/mol. The molecule has 1 aromatic carbocycles. The summed E-state index contributed by atoms with van der Waals surface area (Å²) in [6.07, 6.45) is -4.24. The number of rotatable bonds is 7. The van der Waals surface area contributed by atoms with E-state index in [0.29, 0.717) is 38.3 Å². The van der Waals surface area contributed by atoms with Crippen LogP contribution in [0.4, 0.5) is 18.9 Å². The number of benzene rings is 1. The summed E-state index contributed by atoms with van der Waals surface area (Å²) >= 11 is 0. The molecule has 0 radical (unpaired) electrons. The summed E-state index contributed by atoms with van der Waals surface area (Å²) < 4.78 is 40.1. The average Bonchev–Trinajstić information content (AvgIpc) is 2.57. The molecule has 0 aliphatic carbocycles. The lowest BCUT2D eigenvalue weighted by molar-refractivity contribution is -0.274. The second-order valence-corrected chi connectivity index (χ2v) is 6.19. The van der Waals surface area contributed by atoms with Gasteiger partial charge in [-0.25, -0.2) is 0 Å². The van der Waals surface area contributed by atoms with Crippen molar-refractivity contribution in [1.29, 1.82) is 0 Å². The number of aliphatic carboxylic acids is 1. The molecule has 0 saturated carbocycles. The van der Waals surface area contributed by atoms with Gasteiger partial charge in [0, 0.05) is 31.9 Å². The zero-order valence-electron chi connectivity index (χ0n) is 14.8. The number of nitrogens with one attached hydrogen (secondary N) is 1. The van der Waals surface area contributed by atoms with Gasteiger partial charge in [-0.1, -0.05) is 6.92 Å². The number of carbonyl (C=O) groups is 2.